The van der Waals surface area contributed by atoms with E-state index in [9.17, 15) is 13.2 Å². The highest BCUT2D eigenvalue weighted by Gasteiger charge is 2.27. The number of benzene rings is 3. The Morgan fingerprint density at radius 3 is 2.42 bits per heavy atom. The van der Waals surface area contributed by atoms with E-state index >= 15 is 0 Å². The first kappa shape index (κ1) is 25.0. The summed E-state index contributed by atoms with van der Waals surface area (Å²) in [4.78, 5) is 12.7. The number of anilines is 1. The second-order valence-corrected chi connectivity index (χ2v) is 10.5. The summed E-state index contributed by atoms with van der Waals surface area (Å²) in [7, 11) is -2.50. The molecular weight excluding hydrogens is 480 g/mol. The number of halogens is 1. The van der Waals surface area contributed by atoms with Crippen molar-refractivity contribution in [1.29, 1.82) is 0 Å². The van der Waals surface area contributed by atoms with Crippen molar-refractivity contribution < 1.29 is 17.9 Å². The number of nitrogens with zero attached hydrogens (tertiary/aromatic N) is 1. The number of rotatable bonds is 11. The Bertz CT molecular complexity index is 1160. The molecule has 3 aromatic rings. The quantitative estimate of drug-likeness (QED) is 0.386. The second-order valence-electron chi connectivity index (χ2n) is 7.06. The third kappa shape index (κ3) is 7.15. The zero-order valence-electron chi connectivity index (χ0n) is 18.1. The molecule has 0 saturated heterocycles. The maximum Gasteiger partial charge on any atom is 0.264 e. The van der Waals surface area contributed by atoms with Crippen molar-refractivity contribution in [2.24, 2.45) is 0 Å². The summed E-state index contributed by atoms with van der Waals surface area (Å²) in [5.41, 5.74) is 1.53. The molecule has 0 aromatic heterocycles. The maximum atomic E-state index is 13.4. The first-order valence-corrected chi connectivity index (χ1v) is 13.2. The van der Waals surface area contributed by atoms with Gasteiger partial charge in [-0.05, 0) is 48.0 Å². The molecule has 9 heteroatoms. The minimum Gasteiger partial charge on any atom is -0.497 e. The summed E-state index contributed by atoms with van der Waals surface area (Å²) in [5, 5.41) is 3.18. The second kappa shape index (κ2) is 12.0. The van der Waals surface area contributed by atoms with Crippen LogP contribution in [0.5, 0.6) is 5.75 Å². The molecule has 1 N–H and O–H groups in total. The predicted molar refractivity (Wildman–Crippen MR) is 135 cm³/mol. The first-order valence-electron chi connectivity index (χ1n) is 10.2. The molecule has 0 spiro atoms. The van der Waals surface area contributed by atoms with Crippen LogP contribution in [-0.4, -0.2) is 40.3 Å². The molecule has 0 unspecified atom stereocenters. The van der Waals surface area contributed by atoms with Gasteiger partial charge in [0.1, 0.15) is 12.3 Å². The highest BCUT2D eigenvalue weighted by Crippen LogP contribution is 2.27. The van der Waals surface area contributed by atoms with Crippen molar-refractivity contribution in [3.63, 3.8) is 0 Å². The monoisotopic (exact) mass is 504 g/mol. The number of carbonyl (C=O) groups is 1. The zero-order chi connectivity index (χ0) is 23.7. The number of ether oxygens (including phenoxy) is 1. The minimum absolute atomic E-state index is 0.0505. The van der Waals surface area contributed by atoms with E-state index in [1.165, 1.54) is 30.9 Å². The molecule has 0 heterocycles. The van der Waals surface area contributed by atoms with Crippen LogP contribution < -0.4 is 14.4 Å². The Morgan fingerprint density at radius 2 is 1.76 bits per heavy atom. The molecule has 0 fully saturated rings. The van der Waals surface area contributed by atoms with Crippen LogP contribution >= 0.6 is 23.4 Å². The van der Waals surface area contributed by atoms with Gasteiger partial charge in [0.2, 0.25) is 5.91 Å². The summed E-state index contributed by atoms with van der Waals surface area (Å²) >= 11 is 7.78. The van der Waals surface area contributed by atoms with Crippen LogP contribution in [0, 0.1) is 0 Å². The van der Waals surface area contributed by atoms with E-state index in [1.807, 2.05) is 18.2 Å². The summed E-state index contributed by atoms with van der Waals surface area (Å²) in [6.07, 6.45) is 0. The average molecular weight is 505 g/mol. The molecule has 0 aliphatic rings. The van der Waals surface area contributed by atoms with Crippen LogP contribution in [0.1, 0.15) is 5.56 Å². The number of hydrogen-bond acceptors (Lipinski definition) is 5. The molecule has 0 aliphatic heterocycles. The molecule has 1 amide bonds. The van der Waals surface area contributed by atoms with Gasteiger partial charge in [-0.3, -0.25) is 9.10 Å². The zero-order valence-corrected chi connectivity index (χ0v) is 20.5. The van der Waals surface area contributed by atoms with Crippen LogP contribution in [-0.2, 0) is 20.6 Å². The highest BCUT2D eigenvalue weighted by molar-refractivity contribution is 7.98. The molecular formula is C24H25ClN2O4S2. The van der Waals surface area contributed by atoms with Crippen LogP contribution in [0.25, 0.3) is 0 Å². The fourth-order valence-electron chi connectivity index (χ4n) is 3.03. The smallest absolute Gasteiger partial charge is 0.264 e. The largest absolute Gasteiger partial charge is 0.497 e. The molecule has 0 bridgehead atoms. The van der Waals surface area contributed by atoms with Crippen molar-refractivity contribution in [1.82, 2.24) is 5.32 Å². The molecule has 0 atom stereocenters. The topological polar surface area (TPSA) is 75.7 Å². The summed E-state index contributed by atoms with van der Waals surface area (Å²) in [5.74, 6) is 1.70. The number of sulfonamides is 1. The lowest BCUT2D eigenvalue weighted by molar-refractivity contribution is -0.119. The summed E-state index contributed by atoms with van der Waals surface area (Å²) < 4.78 is 32.9. The lowest BCUT2D eigenvalue weighted by atomic mass is 10.2. The third-order valence-corrected chi connectivity index (χ3v) is 7.76. The Balaban J connectivity index is 1.67. The van der Waals surface area contributed by atoms with Crippen LogP contribution in [0.2, 0.25) is 5.02 Å². The van der Waals surface area contributed by atoms with Crippen LogP contribution in [0.4, 0.5) is 5.69 Å². The number of thioether (sulfide) groups is 1. The van der Waals surface area contributed by atoms with Crippen LogP contribution in [0.15, 0.2) is 83.8 Å². The van der Waals surface area contributed by atoms with Crippen molar-refractivity contribution in [3.8, 4) is 5.75 Å². The Morgan fingerprint density at radius 1 is 1.03 bits per heavy atom. The fraction of sp³-hybridized carbons (Fsp3) is 0.208. The van der Waals surface area contributed by atoms with Gasteiger partial charge in [-0.1, -0.05) is 48.0 Å². The van der Waals surface area contributed by atoms with Crippen molar-refractivity contribution in [2.45, 2.75) is 10.6 Å². The van der Waals surface area contributed by atoms with E-state index in [-0.39, 0.29) is 11.4 Å². The number of hydrogen-bond donors (Lipinski definition) is 1. The summed E-state index contributed by atoms with van der Waals surface area (Å²) in [6, 6.07) is 22.5. The van der Waals surface area contributed by atoms with Gasteiger partial charge in [0, 0.05) is 23.1 Å². The molecule has 0 aliphatic carbocycles. The highest BCUT2D eigenvalue weighted by atomic mass is 35.5. The lowest BCUT2D eigenvalue weighted by Gasteiger charge is -2.24. The van der Waals surface area contributed by atoms with Gasteiger partial charge < -0.3 is 10.1 Å². The van der Waals surface area contributed by atoms with Crippen molar-refractivity contribution in [2.75, 3.05) is 30.3 Å². The first-order chi connectivity index (χ1) is 15.9. The van der Waals surface area contributed by atoms with Gasteiger partial charge in [-0.2, -0.15) is 11.8 Å². The Kier molecular flexibility index (Phi) is 9.05. The summed E-state index contributed by atoms with van der Waals surface area (Å²) in [6.45, 7) is 0.0698. The molecule has 3 rings (SSSR count). The van der Waals surface area contributed by atoms with E-state index in [2.05, 4.69) is 17.4 Å². The molecule has 33 heavy (non-hydrogen) atoms. The van der Waals surface area contributed by atoms with E-state index in [1.54, 1.807) is 42.1 Å². The van der Waals surface area contributed by atoms with Gasteiger partial charge in [0.15, 0.2) is 0 Å². The SMILES string of the molecule is COc1ccc(S(=O)(=O)N(CC(=O)NCCSCc2ccccc2)c2cccc(Cl)c2)cc1. The molecule has 174 valence electrons. The molecule has 0 saturated carbocycles. The predicted octanol–water partition coefficient (Wildman–Crippen LogP) is 4.59. The molecule has 6 nitrogen and oxygen atoms in total. The number of carbonyl (C=O) groups excluding carboxylic acids is 1. The standard InChI is InChI=1S/C24H25ClN2O4S2/c1-31-22-10-12-23(13-11-22)33(29,30)27(21-9-5-8-20(25)16-21)17-24(28)26-14-15-32-18-19-6-3-2-4-7-19/h2-13,16H,14-15,17-18H2,1H3,(H,26,28). The van der Waals surface area contributed by atoms with Gasteiger partial charge in [-0.25, -0.2) is 8.42 Å². The molecule has 0 radical (unpaired) electrons. The molecule has 3 aromatic carbocycles. The van der Waals surface area contributed by atoms with Gasteiger partial charge in [-0.15, -0.1) is 0 Å². The lowest BCUT2D eigenvalue weighted by Crippen LogP contribution is -2.41. The number of amides is 1. The minimum atomic E-state index is -4.01. The van der Waals surface area contributed by atoms with E-state index in [0.717, 1.165) is 10.1 Å². The van der Waals surface area contributed by atoms with E-state index in [0.29, 0.717) is 28.8 Å². The third-order valence-electron chi connectivity index (χ3n) is 4.71. The van der Waals surface area contributed by atoms with E-state index < -0.39 is 15.9 Å². The van der Waals surface area contributed by atoms with Crippen LogP contribution in [0.3, 0.4) is 0 Å². The van der Waals surface area contributed by atoms with Crippen molar-refractivity contribution >= 4 is 45.0 Å². The Labute approximate surface area is 204 Å². The maximum absolute atomic E-state index is 13.4. The average Bonchev–Trinajstić information content (AvgIpc) is 2.83. The number of methoxy groups -OCH3 is 1. The van der Waals surface area contributed by atoms with Gasteiger partial charge in [0.05, 0.1) is 17.7 Å². The van der Waals surface area contributed by atoms with Crippen molar-refractivity contribution in [3.05, 3.63) is 89.4 Å². The van der Waals surface area contributed by atoms with E-state index in [4.69, 9.17) is 16.3 Å². The Hall–Kier alpha value is -2.68. The fourth-order valence-corrected chi connectivity index (χ4v) is 5.45. The van der Waals surface area contributed by atoms with Gasteiger partial charge >= 0.3 is 0 Å². The number of nitrogens with one attached hydrogen (secondary N) is 1. The van der Waals surface area contributed by atoms with Gasteiger partial charge in [0.25, 0.3) is 10.0 Å². The normalized spacial score (nSPS) is 11.1.